The van der Waals surface area contributed by atoms with Crippen molar-refractivity contribution < 1.29 is 4.42 Å². The third-order valence-electron chi connectivity index (χ3n) is 8.64. The quantitative estimate of drug-likeness (QED) is 0.169. The molecule has 3 aromatic heterocycles. The Morgan fingerprint density at radius 2 is 1.19 bits per heavy atom. The first-order valence-electron chi connectivity index (χ1n) is 15.9. The molecule has 0 aliphatic rings. The number of rotatable bonds is 8. The Morgan fingerprint density at radius 1 is 0.583 bits per heavy atom. The predicted molar refractivity (Wildman–Crippen MR) is 196 cm³/mol. The van der Waals surface area contributed by atoms with Gasteiger partial charge in [0, 0.05) is 39.6 Å². The molecule has 8 rings (SSSR count). The van der Waals surface area contributed by atoms with Gasteiger partial charge < -0.3 is 8.98 Å². The highest BCUT2D eigenvalue weighted by Gasteiger charge is 2.18. The molecule has 48 heavy (non-hydrogen) atoms. The second kappa shape index (κ2) is 12.1. The van der Waals surface area contributed by atoms with Crippen molar-refractivity contribution in [2.24, 2.45) is 0 Å². The zero-order chi connectivity index (χ0) is 32.6. The molecule has 0 aliphatic carbocycles. The van der Waals surface area contributed by atoms with Crippen molar-refractivity contribution in [1.82, 2.24) is 24.5 Å². The maximum atomic E-state index is 6.37. The van der Waals surface area contributed by atoms with Crippen LogP contribution in [0.3, 0.4) is 0 Å². The molecule has 0 saturated carbocycles. The van der Waals surface area contributed by atoms with Crippen molar-refractivity contribution in [2.45, 2.75) is 13.5 Å². The number of aromatic nitrogens is 5. The lowest BCUT2D eigenvalue weighted by Crippen LogP contribution is -2.00. The van der Waals surface area contributed by atoms with Gasteiger partial charge in [0.1, 0.15) is 17.0 Å². The highest BCUT2D eigenvalue weighted by Crippen LogP contribution is 2.39. The molecule has 6 heteroatoms. The number of benzene rings is 5. The maximum absolute atomic E-state index is 6.37. The van der Waals surface area contributed by atoms with Gasteiger partial charge in [0.2, 0.25) is 0 Å². The molecule has 8 aromatic rings. The van der Waals surface area contributed by atoms with Gasteiger partial charge in [0.05, 0.1) is 11.4 Å². The number of furan rings is 1. The van der Waals surface area contributed by atoms with Crippen LogP contribution < -0.4 is 0 Å². The number of fused-ring (bicyclic) bond motifs is 3. The number of imidazole rings is 1. The Kier molecular flexibility index (Phi) is 7.31. The van der Waals surface area contributed by atoms with Gasteiger partial charge in [-0.05, 0) is 54.5 Å². The standard InChI is InChI=1S/C42H31N5O/c1-4-34-35(5-2)47(6-3)42(43-34)30-22-20-27(21-23-30)32-18-13-19-37-38(32)33-26-31(24-25-36(33)48-37)41-45-39(28-14-9-7-10-15-28)44-40(46-41)29-16-11-8-12-17-29/h4-5,7-26H,1-2,6H2,3H3. The van der Waals surface area contributed by atoms with E-state index in [9.17, 15) is 0 Å². The van der Waals surface area contributed by atoms with E-state index in [-0.39, 0.29) is 0 Å². The average Bonchev–Trinajstić information content (AvgIpc) is 3.73. The number of hydrogen-bond donors (Lipinski definition) is 0. The zero-order valence-electron chi connectivity index (χ0n) is 26.5. The third kappa shape index (κ3) is 5.00. The van der Waals surface area contributed by atoms with Crippen molar-refractivity contribution in [3.05, 3.63) is 146 Å². The van der Waals surface area contributed by atoms with E-state index in [1.807, 2.05) is 91.0 Å². The zero-order valence-corrected chi connectivity index (χ0v) is 26.5. The molecular weight excluding hydrogens is 590 g/mol. The normalized spacial score (nSPS) is 11.3. The van der Waals surface area contributed by atoms with Crippen LogP contribution >= 0.6 is 0 Å². The first kappa shape index (κ1) is 29.0. The lowest BCUT2D eigenvalue weighted by molar-refractivity contribution is 0.669. The molecule has 0 saturated heterocycles. The van der Waals surface area contributed by atoms with E-state index in [4.69, 9.17) is 24.4 Å². The number of nitrogens with zero attached hydrogens (tertiary/aromatic N) is 5. The molecule has 0 unspecified atom stereocenters. The fourth-order valence-electron chi connectivity index (χ4n) is 6.33. The smallest absolute Gasteiger partial charge is 0.164 e. The fourth-order valence-corrected chi connectivity index (χ4v) is 6.33. The van der Waals surface area contributed by atoms with Crippen molar-refractivity contribution in [3.8, 4) is 56.7 Å². The van der Waals surface area contributed by atoms with E-state index < -0.39 is 0 Å². The van der Waals surface area contributed by atoms with Crippen LogP contribution in [0.4, 0.5) is 0 Å². The van der Waals surface area contributed by atoms with Crippen LogP contribution in [-0.2, 0) is 6.54 Å². The second-order valence-electron chi connectivity index (χ2n) is 11.5. The highest BCUT2D eigenvalue weighted by molar-refractivity contribution is 6.13. The summed E-state index contributed by atoms with van der Waals surface area (Å²) in [5.41, 5.74) is 9.37. The van der Waals surface area contributed by atoms with Gasteiger partial charge in [-0.3, -0.25) is 0 Å². The molecule has 0 amide bonds. The minimum Gasteiger partial charge on any atom is -0.456 e. The monoisotopic (exact) mass is 621 g/mol. The topological polar surface area (TPSA) is 69.6 Å². The fraction of sp³-hybridized carbons (Fsp3) is 0.0476. The van der Waals surface area contributed by atoms with Crippen LogP contribution in [0, 0.1) is 0 Å². The van der Waals surface area contributed by atoms with Crippen molar-refractivity contribution in [1.29, 1.82) is 0 Å². The van der Waals surface area contributed by atoms with Gasteiger partial charge >= 0.3 is 0 Å². The van der Waals surface area contributed by atoms with Gasteiger partial charge in [-0.25, -0.2) is 19.9 Å². The largest absolute Gasteiger partial charge is 0.456 e. The SMILES string of the molecule is C=Cc1nc(-c2ccc(-c3cccc4oc5ccc(-c6nc(-c7ccccc7)nc(-c7ccccc7)n6)cc5c34)cc2)n(CC)c1C=C. The molecule has 0 atom stereocenters. The first-order valence-corrected chi connectivity index (χ1v) is 15.9. The van der Waals surface area contributed by atoms with E-state index in [1.54, 1.807) is 6.08 Å². The summed E-state index contributed by atoms with van der Waals surface area (Å²) >= 11 is 0. The molecule has 0 bridgehead atoms. The van der Waals surface area contributed by atoms with Gasteiger partial charge in [0.25, 0.3) is 0 Å². The molecule has 6 nitrogen and oxygen atoms in total. The molecule has 0 aliphatic heterocycles. The lowest BCUT2D eigenvalue weighted by atomic mass is 9.97. The van der Waals surface area contributed by atoms with E-state index in [1.165, 1.54) is 0 Å². The lowest BCUT2D eigenvalue weighted by Gasteiger charge is -2.09. The first-order chi connectivity index (χ1) is 23.6. The van der Waals surface area contributed by atoms with Crippen molar-refractivity contribution in [2.75, 3.05) is 0 Å². The highest BCUT2D eigenvalue weighted by atomic mass is 16.3. The summed E-state index contributed by atoms with van der Waals surface area (Å²) in [6, 6.07) is 40.9. The summed E-state index contributed by atoms with van der Waals surface area (Å²) in [6.07, 6.45) is 3.62. The molecule has 0 radical (unpaired) electrons. The minimum absolute atomic E-state index is 0.602. The Labute approximate surface area is 278 Å². The third-order valence-corrected chi connectivity index (χ3v) is 8.64. The molecule has 3 heterocycles. The molecule has 0 N–H and O–H groups in total. The molecule has 5 aromatic carbocycles. The summed E-state index contributed by atoms with van der Waals surface area (Å²) in [7, 11) is 0. The van der Waals surface area contributed by atoms with Crippen LogP contribution in [0.25, 0.3) is 90.8 Å². The maximum Gasteiger partial charge on any atom is 0.164 e. The second-order valence-corrected chi connectivity index (χ2v) is 11.5. The van der Waals surface area contributed by atoms with E-state index >= 15 is 0 Å². The van der Waals surface area contributed by atoms with Crippen LogP contribution in [-0.4, -0.2) is 24.5 Å². The van der Waals surface area contributed by atoms with Gasteiger partial charge in [-0.15, -0.1) is 0 Å². The number of hydrogen-bond acceptors (Lipinski definition) is 5. The van der Waals surface area contributed by atoms with Crippen LogP contribution in [0.2, 0.25) is 0 Å². The Balaban J connectivity index is 1.25. The predicted octanol–water partition coefficient (Wildman–Crippen LogP) is 10.6. The van der Waals surface area contributed by atoms with Gasteiger partial charge in [-0.1, -0.05) is 110 Å². The van der Waals surface area contributed by atoms with E-state index in [0.29, 0.717) is 17.5 Å². The van der Waals surface area contributed by atoms with E-state index in [0.717, 1.165) is 79.1 Å². The van der Waals surface area contributed by atoms with Gasteiger partial charge in [-0.2, -0.15) is 0 Å². The molecular formula is C42H31N5O. The summed E-state index contributed by atoms with van der Waals surface area (Å²) in [6.45, 7) is 10.8. The summed E-state index contributed by atoms with van der Waals surface area (Å²) in [4.78, 5) is 19.6. The average molecular weight is 622 g/mol. The van der Waals surface area contributed by atoms with Crippen LogP contribution in [0.1, 0.15) is 18.3 Å². The summed E-state index contributed by atoms with van der Waals surface area (Å²) in [5, 5.41) is 2.04. The van der Waals surface area contributed by atoms with Crippen LogP contribution in [0.15, 0.2) is 139 Å². The molecule has 0 fully saturated rings. The van der Waals surface area contributed by atoms with Crippen molar-refractivity contribution >= 4 is 34.1 Å². The molecule has 0 spiro atoms. The Morgan fingerprint density at radius 3 is 1.79 bits per heavy atom. The Hall–Kier alpha value is -6.40. The van der Waals surface area contributed by atoms with Crippen LogP contribution in [0.5, 0.6) is 0 Å². The van der Waals surface area contributed by atoms with Gasteiger partial charge in [0.15, 0.2) is 17.5 Å². The Bertz CT molecular complexity index is 2400. The van der Waals surface area contributed by atoms with E-state index in [2.05, 4.69) is 61.0 Å². The summed E-state index contributed by atoms with van der Waals surface area (Å²) in [5.74, 6) is 2.75. The van der Waals surface area contributed by atoms with Crippen molar-refractivity contribution in [3.63, 3.8) is 0 Å². The minimum atomic E-state index is 0.602. The summed E-state index contributed by atoms with van der Waals surface area (Å²) < 4.78 is 8.54. The molecule has 230 valence electrons.